The summed E-state index contributed by atoms with van der Waals surface area (Å²) in [5.41, 5.74) is 4.45. The number of hydrazone groups is 1. The van der Waals surface area contributed by atoms with Crippen LogP contribution in [0, 0.1) is 0 Å². The van der Waals surface area contributed by atoms with Gasteiger partial charge in [-0.15, -0.1) is 10.2 Å². The summed E-state index contributed by atoms with van der Waals surface area (Å²) in [6.45, 7) is 0. The lowest BCUT2D eigenvalue weighted by molar-refractivity contribution is -0.118. The highest BCUT2D eigenvalue weighted by atomic mass is 35.5. The molecule has 0 atom stereocenters. The normalized spacial score (nSPS) is 11.0. The number of carbonyl (C=O) groups is 1. The van der Waals surface area contributed by atoms with E-state index in [9.17, 15) is 4.79 Å². The van der Waals surface area contributed by atoms with Crippen molar-refractivity contribution in [2.24, 2.45) is 5.10 Å². The molecule has 6 nitrogen and oxygen atoms in total. The highest BCUT2D eigenvalue weighted by Gasteiger charge is 2.09. The number of nitrogens with one attached hydrogen (secondary N) is 1. The van der Waals surface area contributed by atoms with E-state index in [1.165, 1.54) is 23.1 Å². The lowest BCUT2D eigenvalue weighted by atomic mass is 10.2. The number of hydrogen-bond acceptors (Lipinski definition) is 8. The van der Waals surface area contributed by atoms with Gasteiger partial charge < -0.3 is 4.74 Å². The zero-order chi connectivity index (χ0) is 20.5. The van der Waals surface area contributed by atoms with E-state index in [1.807, 2.05) is 48.5 Å². The van der Waals surface area contributed by atoms with Crippen molar-refractivity contribution in [2.45, 2.75) is 14.4 Å². The summed E-state index contributed by atoms with van der Waals surface area (Å²) in [6.07, 6.45) is 1.55. The third kappa shape index (κ3) is 7.04. The van der Waals surface area contributed by atoms with Crippen LogP contribution < -0.4 is 10.2 Å². The third-order valence-corrected chi connectivity index (χ3v) is 7.04. The molecule has 0 aliphatic rings. The molecule has 0 aliphatic heterocycles. The Hall–Kier alpha value is -2.07. The second-order valence-corrected chi connectivity index (χ2v) is 9.43. The molecular weight excluding hydrogens is 448 g/mol. The summed E-state index contributed by atoms with van der Waals surface area (Å²) < 4.78 is 6.84. The van der Waals surface area contributed by atoms with Crippen molar-refractivity contribution in [1.29, 1.82) is 0 Å². The number of rotatable bonds is 9. The van der Waals surface area contributed by atoms with Gasteiger partial charge in [-0.1, -0.05) is 70.7 Å². The zero-order valence-electron chi connectivity index (χ0n) is 15.4. The van der Waals surface area contributed by atoms with Crippen molar-refractivity contribution in [1.82, 2.24) is 15.6 Å². The highest BCUT2D eigenvalue weighted by molar-refractivity contribution is 8.03. The lowest BCUT2D eigenvalue weighted by Gasteiger charge is -2.03. The van der Waals surface area contributed by atoms with Gasteiger partial charge in [0.05, 0.1) is 19.1 Å². The van der Waals surface area contributed by atoms with Gasteiger partial charge in [-0.25, -0.2) is 5.43 Å². The van der Waals surface area contributed by atoms with Crippen molar-refractivity contribution < 1.29 is 9.53 Å². The molecule has 1 amide bonds. The van der Waals surface area contributed by atoms with E-state index < -0.39 is 0 Å². The molecule has 0 unspecified atom stereocenters. The van der Waals surface area contributed by atoms with E-state index in [0.29, 0.717) is 5.75 Å². The maximum Gasteiger partial charge on any atom is 0.250 e. The predicted molar refractivity (Wildman–Crippen MR) is 120 cm³/mol. The summed E-state index contributed by atoms with van der Waals surface area (Å²) in [5.74, 6) is 1.47. The average molecular weight is 465 g/mol. The summed E-state index contributed by atoms with van der Waals surface area (Å²) in [4.78, 5) is 12.0. The molecule has 29 heavy (non-hydrogen) atoms. The van der Waals surface area contributed by atoms with Crippen LogP contribution in [0.4, 0.5) is 0 Å². The Bertz CT molecular complexity index is 980. The average Bonchev–Trinajstić information content (AvgIpc) is 3.20. The molecule has 1 N–H and O–H groups in total. The predicted octanol–water partition coefficient (Wildman–Crippen LogP) is 4.73. The van der Waals surface area contributed by atoms with Crippen LogP contribution in [0.25, 0.3) is 0 Å². The number of halogens is 1. The van der Waals surface area contributed by atoms with E-state index in [4.69, 9.17) is 16.3 Å². The topological polar surface area (TPSA) is 76.5 Å². The van der Waals surface area contributed by atoms with Gasteiger partial charge >= 0.3 is 0 Å². The van der Waals surface area contributed by atoms with E-state index in [1.54, 1.807) is 25.1 Å². The molecule has 1 aromatic heterocycles. The SMILES string of the molecule is COc1ccccc1/C=N/NC(=O)CSc1nnc(SCc2ccc(Cl)cc2)s1. The van der Waals surface area contributed by atoms with Crippen LogP contribution in [0.3, 0.4) is 0 Å². The number of methoxy groups -OCH3 is 1. The van der Waals surface area contributed by atoms with Gasteiger partial charge in [-0.05, 0) is 29.8 Å². The van der Waals surface area contributed by atoms with Gasteiger partial charge in [0.25, 0.3) is 5.91 Å². The Morgan fingerprint density at radius 2 is 1.90 bits per heavy atom. The monoisotopic (exact) mass is 464 g/mol. The van der Waals surface area contributed by atoms with E-state index in [0.717, 1.165) is 30.6 Å². The molecule has 0 spiro atoms. The smallest absolute Gasteiger partial charge is 0.250 e. The molecule has 3 rings (SSSR count). The number of ether oxygens (including phenoxy) is 1. The van der Waals surface area contributed by atoms with Crippen molar-refractivity contribution in [2.75, 3.05) is 12.9 Å². The van der Waals surface area contributed by atoms with Crippen molar-refractivity contribution in [3.8, 4) is 5.75 Å². The standard InChI is InChI=1S/C19H17ClN4O2S3/c1-26-16-5-3-2-4-14(16)10-21-22-17(25)12-28-19-24-23-18(29-19)27-11-13-6-8-15(20)9-7-13/h2-10H,11-12H2,1H3,(H,22,25)/b21-10+. The summed E-state index contributed by atoms with van der Waals surface area (Å²) in [7, 11) is 1.59. The number of thioether (sulfide) groups is 2. The number of benzene rings is 2. The van der Waals surface area contributed by atoms with Gasteiger partial charge in [-0.3, -0.25) is 4.79 Å². The minimum Gasteiger partial charge on any atom is -0.496 e. The first-order valence-corrected chi connectivity index (χ1v) is 11.6. The van der Waals surface area contributed by atoms with Crippen molar-refractivity contribution >= 4 is 58.6 Å². The van der Waals surface area contributed by atoms with Crippen LogP contribution in [-0.2, 0) is 10.5 Å². The molecule has 0 saturated heterocycles. The summed E-state index contributed by atoms with van der Waals surface area (Å²) in [5, 5.41) is 13.0. The van der Waals surface area contributed by atoms with Crippen LogP contribution in [0.2, 0.25) is 5.02 Å². The molecule has 150 valence electrons. The van der Waals surface area contributed by atoms with E-state index in [-0.39, 0.29) is 11.7 Å². The number of amides is 1. The van der Waals surface area contributed by atoms with Crippen molar-refractivity contribution in [3.05, 3.63) is 64.7 Å². The van der Waals surface area contributed by atoms with Crippen LogP contribution in [0.15, 0.2) is 62.3 Å². The fraction of sp³-hybridized carbons (Fsp3) is 0.158. The molecule has 0 saturated carbocycles. The minimum absolute atomic E-state index is 0.208. The Morgan fingerprint density at radius 3 is 2.66 bits per heavy atom. The molecule has 0 bridgehead atoms. The number of aromatic nitrogens is 2. The first-order valence-electron chi connectivity index (χ1n) is 8.42. The quantitative estimate of drug-likeness (QED) is 0.280. The van der Waals surface area contributed by atoms with Crippen LogP contribution in [0.5, 0.6) is 5.75 Å². The molecule has 3 aromatic rings. The van der Waals surface area contributed by atoms with Gasteiger partial charge in [0.15, 0.2) is 8.68 Å². The number of carbonyl (C=O) groups excluding carboxylic acids is 1. The second kappa shape index (κ2) is 11.2. The Balaban J connectivity index is 1.42. The largest absolute Gasteiger partial charge is 0.496 e. The first kappa shape index (κ1) is 21.6. The number of hydrogen-bond donors (Lipinski definition) is 1. The summed E-state index contributed by atoms with van der Waals surface area (Å²) >= 11 is 10.3. The fourth-order valence-electron chi connectivity index (χ4n) is 2.15. The van der Waals surface area contributed by atoms with Gasteiger partial charge in [0.2, 0.25) is 0 Å². The Morgan fingerprint density at radius 1 is 1.17 bits per heavy atom. The molecule has 1 heterocycles. The molecular formula is C19H17ClN4O2S3. The molecule has 10 heteroatoms. The Labute approximate surface area is 186 Å². The zero-order valence-corrected chi connectivity index (χ0v) is 18.6. The Kier molecular flexibility index (Phi) is 8.36. The van der Waals surface area contributed by atoms with Gasteiger partial charge in [0, 0.05) is 16.3 Å². The summed E-state index contributed by atoms with van der Waals surface area (Å²) in [6, 6.07) is 15.1. The molecule has 0 aliphatic carbocycles. The van der Waals surface area contributed by atoms with Crippen molar-refractivity contribution in [3.63, 3.8) is 0 Å². The number of para-hydroxylation sites is 1. The first-order chi connectivity index (χ1) is 14.1. The third-order valence-electron chi connectivity index (χ3n) is 3.52. The van der Waals surface area contributed by atoms with Crippen LogP contribution in [0.1, 0.15) is 11.1 Å². The maximum atomic E-state index is 12.0. The fourth-order valence-corrected chi connectivity index (χ4v) is 5.04. The van der Waals surface area contributed by atoms with Gasteiger partial charge in [0.1, 0.15) is 5.75 Å². The molecule has 0 radical (unpaired) electrons. The second-order valence-electron chi connectivity index (χ2n) is 5.57. The molecule has 0 fully saturated rings. The van der Waals surface area contributed by atoms with Crippen LogP contribution in [-0.4, -0.2) is 35.2 Å². The van der Waals surface area contributed by atoms with Crippen LogP contribution >= 0.6 is 46.5 Å². The highest BCUT2D eigenvalue weighted by Crippen LogP contribution is 2.30. The minimum atomic E-state index is -0.216. The van der Waals surface area contributed by atoms with E-state index >= 15 is 0 Å². The van der Waals surface area contributed by atoms with E-state index in [2.05, 4.69) is 20.7 Å². The molecule has 2 aromatic carbocycles. The number of nitrogens with zero attached hydrogens (tertiary/aromatic N) is 3. The maximum absolute atomic E-state index is 12.0. The lowest BCUT2D eigenvalue weighted by Crippen LogP contribution is -2.19. The van der Waals surface area contributed by atoms with Gasteiger partial charge in [-0.2, -0.15) is 5.10 Å².